The van der Waals surface area contributed by atoms with Crippen LogP contribution in [0.4, 0.5) is 0 Å². The quantitative estimate of drug-likeness (QED) is 0.418. The maximum atomic E-state index is 12.1. The summed E-state index contributed by atoms with van der Waals surface area (Å²) in [7, 11) is 0. The number of nitrogens with one attached hydrogen (secondary N) is 1. The Morgan fingerprint density at radius 3 is 2.18 bits per heavy atom. The summed E-state index contributed by atoms with van der Waals surface area (Å²) in [6, 6.07) is 17.8. The summed E-state index contributed by atoms with van der Waals surface area (Å²) < 4.78 is 22.7. The number of benzene rings is 2. The fraction of sp³-hybridized carbons (Fsp3) is 0.440. The molecule has 9 nitrogen and oxygen atoms in total. The number of ether oxygens (including phenoxy) is 4. The zero-order valence-electron chi connectivity index (χ0n) is 19.0. The molecule has 1 saturated heterocycles. The summed E-state index contributed by atoms with van der Waals surface area (Å²) in [6.07, 6.45) is -4.25. The van der Waals surface area contributed by atoms with Crippen LogP contribution in [0.3, 0.4) is 0 Å². The molecule has 2 aromatic carbocycles. The van der Waals surface area contributed by atoms with Gasteiger partial charge in [-0.25, -0.2) is 0 Å². The molecule has 3 N–H and O–H groups in total. The molecule has 1 fully saturated rings. The molecular weight excluding hydrogens is 442 g/mol. The van der Waals surface area contributed by atoms with E-state index in [0.29, 0.717) is 0 Å². The van der Waals surface area contributed by atoms with Crippen LogP contribution in [0.5, 0.6) is 0 Å². The molecule has 1 aliphatic rings. The number of carbonyl (C=O) groups excluding carboxylic acids is 2. The lowest BCUT2D eigenvalue weighted by molar-refractivity contribution is -0.280. The van der Waals surface area contributed by atoms with E-state index < -0.39 is 43.2 Å². The average molecular weight is 474 g/mol. The molecule has 1 amide bonds. The van der Waals surface area contributed by atoms with E-state index in [1.807, 2.05) is 60.7 Å². The molecule has 0 bridgehead atoms. The van der Waals surface area contributed by atoms with Crippen molar-refractivity contribution < 1.29 is 38.7 Å². The molecule has 9 heteroatoms. The third-order valence-corrected chi connectivity index (χ3v) is 5.34. The van der Waals surface area contributed by atoms with Crippen molar-refractivity contribution in [2.45, 2.75) is 57.2 Å². The van der Waals surface area contributed by atoms with Gasteiger partial charge in [0.05, 0.1) is 26.2 Å². The van der Waals surface area contributed by atoms with Gasteiger partial charge in [-0.1, -0.05) is 60.7 Å². The van der Waals surface area contributed by atoms with Crippen LogP contribution in [-0.2, 0) is 41.8 Å². The Bertz CT molecular complexity index is 894. The number of amides is 1. The molecule has 2 aromatic rings. The molecule has 3 rings (SSSR count). The van der Waals surface area contributed by atoms with E-state index in [4.69, 9.17) is 18.9 Å². The fourth-order valence-corrected chi connectivity index (χ4v) is 3.64. The second-order valence-electron chi connectivity index (χ2n) is 7.97. The first-order valence-electron chi connectivity index (χ1n) is 11.2. The highest BCUT2D eigenvalue weighted by Gasteiger charge is 2.47. The average Bonchev–Trinajstić information content (AvgIpc) is 2.85. The molecule has 0 aliphatic carbocycles. The Balaban J connectivity index is 1.60. The summed E-state index contributed by atoms with van der Waals surface area (Å²) in [4.78, 5) is 24.0. The van der Waals surface area contributed by atoms with E-state index in [-0.39, 0.29) is 32.1 Å². The first kappa shape index (κ1) is 25.8. The normalized spacial score (nSPS) is 24.4. The van der Waals surface area contributed by atoms with Crippen molar-refractivity contribution >= 4 is 11.9 Å². The van der Waals surface area contributed by atoms with Crippen molar-refractivity contribution in [3.63, 3.8) is 0 Å². The van der Waals surface area contributed by atoms with Gasteiger partial charge in [-0.05, 0) is 11.1 Å². The van der Waals surface area contributed by atoms with Crippen LogP contribution >= 0.6 is 0 Å². The molecule has 0 spiro atoms. The van der Waals surface area contributed by atoms with Crippen molar-refractivity contribution in [2.24, 2.45) is 0 Å². The van der Waals surface area contributed by atoms with E-state index in [0.717, 1.165) is 11.1 Å². The second kappa shape index (κ2) is 13.2. The minimum atomic E-state index is -1.25. The summed E-state index contributed by atoms with van der Waals surface area (Å²) in [5, 5.41) is 23.1. The second-order valence-corrected chi connectivity index (χ2v) is 7.97. The van der Waals surface area contributed by atoms with Crippen molar-refractivity contribution in [3.8, 4) is 0 Å². The highest BCUT2D eigenvalue weighted by Crippen LogP contribution is 2.25. The number of aliphatic hydroxyl groups is 2. The number of hydrogen-bond donors (Lipinski definition) is 3. The van der Waals surface area contributed by atoms with E-state index in [2.05, 4.69) is 5.32 Å². The van der Waals surface area contributed by atoms with Gasteiger partial charge in [0.25, 0.3) is 0 Å². The van der Waals surface area contributed by atoms with Crippen molar-refractivity contribution in [3.05, 3.63) is 71.8 Å². The minimum absolute atomic E-state index is 0.0525. The molecule has 0 radical (unpaired) electrons. The topological polar surface area (TPSA) is 124 Å². The van der Waals surface area contributed by atoms with Crippen LogP contribution in [0, 0.1) is 0 Å². The number of esters is 1. The van der Waals surface area contributed by atoms with Gasteiger partial charge in [-0.2, -0.15) is 0 Å². The molecule has 1 heterocycles. The first-order valence-corrected chi connectivity index (χ1v) is 11.2. The van der Waals surface area contributed by atoms with E-state index in [1.54, 1.807) is 0 Å². The zero-order chi connectivity index (χ0) is 24.3. The predicted molar refractivity (Wildman–Crippen MR) is 121 cm³/mol. The SMILES string of the molecule is CC(=O)N[C@H]1[C@@H](OCc2ccccc2)O[C@@H](CO)[C@@H](O)[C@H]1OCCC(=O)OCc1ccccc1. The van der Waals surface area contributed by atoms with Crippen LogP contribution < -0.4 is 5.32 Å². The Hall–Kier alpha value is -2.82. The summed E-state index contributed by atoms with van der Waals surface area (Å²) in [5.41, 5.74) is 1.75. The summed E-state index contributed by atoms with van der Waals surface area (Å²) >= 11 is 0. The molecular formula is C25H31NO8. The van der Waals surface area contributed by atoms with Gasteiger partial charge < -0.3 is 34.5 Å². The number of rotatable bonds is 11. The molecule has 0 saturated carbocycles. The third kappa shape index (κ3) is 7.61. The van der Waals surface area contributed by atoms with Crippen molar-refractivity contribution in [1.29, 1.82) is 0 Å². The maximum absolute atomic E-state index is 12.1. The molecule has 184 valence electrons. The minimum Gasteiger partial charge on any atom is -0.461 e. The Morgan fingerprint density at radius 2 is 1.59 bits per heavy atom. The Morgan fingerprint density at radius 1 is 0.971 bits per heavy atom. The van der Waals surface area contributed by atoms with E-state index in [9.17, 15) is 19.8 Å². The smallest absolute Gasteiger partial charge is 0.308 e. The molecule has 5 atom stereocenters. The molecule has 0 unspecified atom stereocenters. The predicted octanol–water partition coefficient (Wildman–Crippen LogP) is 1.30. The van der Waals surface area contributed by atoms with Crippen LogP contribution in [0.15, 0.2) is 60.7 Å². The van der Waals surface area contributed by atoms with Crippen LogP contribution in [0.1, 0.15) is 24.5 Å². The van der Waals surface area contributed by atoms with Gasteiger partial charge in [-0.15, -0.1) is 0 Å². The van der Waals surface area contributed by atoms with Gasteiger partial charge in [0.15, 0.2) is 6.29 Å². The summed E-state index contributed by atoms with van der Waals surface area (Å²) in [5.74, 6) is -0.829. The Labute approximate surface area is 198 Å². The summed E-state index contributed by atoms with van der Waals surface area (Å²) in [6.45, 7) is 1.13. The number of aliphatic hydroxyl groups excluding tert-OH is 2. The largest absolute Gasteiger partial charge is 0.461 e. The monoisotopic (exact) mass is 473 g/mol. The van der Waals surface area contributed by atoms with Crippen molar-refractivity contribution in [1.82, 2.24) is 5.32 Å². The lowest BCUT2D eigenvalue weighted by atomic mass is 9.96. The Kier molecular flexibility index (Phi) is 9.99. The van der Waals surface area contributed by atoms with Gasteiger partial charge in [-0.3, -0.25) is 9.59 Å². The maximum Gasteiger partial charge on any atom is 0.308 e. The van der Waals surface area contributed by atoms with Crippen LogP contribution in [0.25, 0.3) is 0 Å². The first-order chi connectivity index (χ1) is 16.5. The van der Waals surface area contributed by atoms with Gasteiger partial charge in [0, 0.05) is 6.92 Å². The van der Waals surface area contributed by atoms with Crippen LogP contribution in [0.2, 0.25) is 0 Å². The lowest BCUT2D eigenvalue weighted by Crippen LogP contribution is -2.65. The zero-order valence-corrected chi connectivity index (χ0v) is 19.0. The van der Waals surface area contributed by atoms with E-state index >= 15 is 0 Å². The molecule has 34 heavy (non-hydrogen) atoms. The molecule has 0 aromatic heterocycles. The van der Waals surface area contributed by atoms with Gasteiger partial charge >= 0.3 is 5.97 Å². The van der Waals surface area contributed by atoms with Gasteiger partial charge in [0.2, 0.25) is 5.91 Å². The third-order valence-electron chi connectivity index (χ3n) is 5.34. The lowest BCUT2D eigenvalue weighted by Gasteiger charge is -2.44. The fourth-order valence-electron chi connectivity index (χ4n) is 3.64. The van der Waals surface area contributed by atoms with Gasteiger partial charge in [0.1, 0.15) is 31.0 Å². The number of hydrogen-bond acceptors (Lipinski definition) is 8. The van der Waals surface area contributed by atoms with Crippen molar-refractivity contribution in [2.75, 3.05) is 13.2 Å². The highest BCUT2D eigenvalue weighted by atomic mass is 16.7. The van der Waals surface area contributed by atoms with Crippen LogP contribution in [-0.4, -0.2) is 65.9 Å². The highest BCUT2D eigenvalue weighted by molar-refractivity contribution is 5.73. The van der Waals surface area contributed by atoms with E-state index in [1.165, 1.54) is 6.92 Å². The standard InChI is InChI=1S/C25H31NO8/c1-17(28)26-22-24(31-13-12-21(29)32-15-18-8-4-2-5-9-18)23(30)20(14-27)34-25(22)33-16-19-10-6-3-7-11-19/h2-11,20,22-25,27,30H,12-16H2,1H3,(H,26,28)/t20-,22+,23+,24-,25-/m0/s1. The molecule has 1 aliphatic heterocycles. The number of carbonyl (C=O) groups is 2.